The van der Waals surface area contributed by atoms with Gasteiger partial charge in [-0.25, -0.2) is 0 Å². The molecular formula is C25H30ClNO4. The van der Waals surface area contributed by atoms with Gasteiger partial charge in [-0.15, -0.1) is 0 Å². The molecule has 2 aromatic carbocycles. The quantitative estimate of drug-likeness (QED) is 0.617. The number of rotatable bonds is 8. The lowest BCUT2D eigenvalue weighted by Crippen LogP contribution is -2.44. The molecule has 6 heteroatoms. The summed E-state index contributed by atoms with van der Waals surface area (Å²) in [5.74, 6) is 0.961. The largest absolute Gasteiger partial charge is 0.492 e. The topological polar surface area (TPSA) is 59.0 Å². The van der Waals surface area contributed by atoms with Crippen LogP contribution in [0, 0.1) is 0 Å². The summed E-state index contributed by atoms with van der Waals surface area (Å²) in [5.41, 5.74) is 3.57. The van der Waals surface area contributed by atoms with Crippen molar-refractivity contribution in [2.45, 2.75) is 51.0 Å². The number of carboxylic acid groups (broad SMARTS) is 1. The van der Waals surface area contributed by atoms with Crippen molar-refractivity contribution in [1.82, 2.24) is 4.90 Å². The summed E-state index contributed by atoms with van der Waals surface area (Å²) >= 11 is 6.43. The minimum absolute atomic E-state index is 0.0324. The van der Waals surface area contributed by atoms with Gasteiger partial charge in [0.25, 0.3) is 0 Å². The highest BCUT2D eigenvalue weighted by molar-refractivity contribution is 6.31. The Kier molecular flexibility index (Phi) is 6.73. The number of nitrogens with zero attached hydrogens (tertiary/aromatic N) is 1. The Labute approximate surface area is 188 Å². The highest BCUT2D eigenvalue weighted by Crippen LogP contribution is 2.46. The summed E-state index contributed by atoms with van der Waals surface area (Å²) in [5, 5.41) is 9.66. The lowest BCUT2D eigenvalue weighted by Gasteiger charge is -2.38. The predicted octanol–water partition coefficient (Wildman–Crippen LogP) is 5.07. The number of piperidine rings is 1. The lowest BCUT2D eigenvalue weighted by atomic mass is 9.74. The first-order valence-electron chi connectivity index (χ1n) is 11.1. The lowest BCUT2D eigenvalue weighted by molar-refractivity contribution is -0.137. The molecule has 2 aromatic rings. The van der Waals surface area contributed by atoms with Crippen LogP contribution in [0.4, 0.5) is 0 Å². The van der Waals surface area contributed by atoms with E-state index < -0.39 is 5.97 Å². The number of carboxylic acids is 1. The van der Waals surface area contributed by atoms with Crippen LogP contribution in [0.5, 0.6) is 11.5 Å². The highest BCUT2D eigenvalue weighted by atomic mass is 35.5. The average molecular weight is 444 g/mol. The van der Waals surface area contributed by atoms with E-state index in [1.165, 1.54) is 11.1 Å². The van der Waals surface area contributed by atoms with Gasteiger partial charge >= 0.3 is 5.97 Å². The minimum atomic E-state index is -0.735. The molecule has 0 aromatic heterocycles. The number of benzene rings is 2. The third kappa shape index (κ3) is 4.83. The Morgan fingerprint density at radius 3 is 2.81 bits per heavy atom. The van der Waals surface area contributed by atoms with E-state index >= 15 is 0 Å². The Hall–Kier alpha value is -2.24. The van der Waals surface area contributed by atoms with Crippen molar-refractivity contribution in [2.75, 3.05) is 26.2 Å². The normalized spacial score (nSPS) is 17.4. The minimum Gasteiger partial charge on any atom is -0.492 e. The fourth-order valence-electron chi connectivity index (χ4n) is 4.74. The fraction of sp³-hybridized carbons (Fsp3) is 0.480. The molecule has 0 bridgehead atoms. The zero-order chi connectivity index (χ0) is 21.8. The van der Waals surface area contributed by atoms with Crippen molar-refractivity contribution >= 4 is 17.6 Å². The molecule has 0 unspecified atom stereocenters. The van der Waals surface area contributed by atoms with Crippen LogP contribution >= 0.6 is 11.6 Å². The molecule has 0 atom stereocenters. The van der Waals surface area contributed by atoms with Gasteiger partial charge in [0.15, 0.2) is 0 Å². The summed E-state index contributed by atoms with van der Waals surface area (Å²) < 4.78 is 12.2. The van der Waals surface area contributed by atoms with E-state index in [-0.39, 0.29) is 11.8 Å². The molecule has 1 saturated heterocycles. The van der Waals surface area contributed by atoms with Crippen LogP contribution in [0.3, 0.4) is 0 Å². The van der Waals surface area contributed by atoms with Crippen LogP contribution in [0.25, 0.3) is 0 Å². The number of hydrogen-bond acceptors (Lipinski definition) is 4. The van der Waals surface area contributed by atoms with Crippen LogP contribution in [0.2, 0.25) is 5.02 Å². The number of hydrogen-bond donors (Lipinski definition) is 1. The van der Waals surface area contributed by atoms with E-state index in [1.807, 2.05) is 24.3 Å². The average Bonchev–Trinajstić information content (AvgIpc) is 3.10. The first kappa shape index (κ1) is 22.0. The fourth-order valence-corrected chi connectivity index (χ4v) is 4.99. The van der Waals surface area contributed by atoms with Crippen LogP contribution in [-0.4, -0.2) is 42.2 Å². The number of halogens is 1. The molecule has 0 aliphatic carbocycles. The van der Waals surface area contributed by atoms with Gasteiger partial charge in [-0.3, -0.25) is 4.79 Å². The van der Waals surface area contributed by atoms with Gasteiger partial charge in [-0.1, -0.05) is 43.1 Å². The third-order valence-corrected chi connectivity index (χ3v) is 6.96. The second-order valence-corrected chi connectivity index (χ2v) is 9.04. The third-order valence-electron chi connectivity index (χ3n) is 6.60. The van der Waals surface area contributed by atoms with Gasteiger partial charge in [-0.2, -0.15) is 0 Å². The van der Waals surface area contributed by atoms with E-state index in [4.69, 9.17) is 26.2 Å². The van der Waals surface area contributed by atoms with Gasteiger partial charge in [-0.05, 0) is 50.0 Å². The molecular weight excluding hydrogens is 414 g/mol. The summed E-state index contributed by atoms with van der Waals surface area (Å²) in [6.07, 6.45) is 4.22. The maximum atomic E-state index is 10.8. The van der Waals surface area contributed by atoms with Gasteiger partial charge < -0.3 is 19.5 Å². The Bertz CT molecular complexity index is 937. The molecule has 1 fully saturated rings. The second-order valence-electron chi connectivity index (χ2n) is 8.63. The van der Waals surface area contributed by atoms with Crippen LogP contribution in [0.1, 0.15) is 49.3 Å². The molecule has 0 amide bonds. The number of ether oxygens (including phenoxy) is 2. The monoisotopic (exact) mass is 443 g/mol. The van der Waals surface area contributed by atoms with Crippen LogP contribution < -0.4 is 9.47 Å². The molecule has 2 aliphatic rings. The van der Waals surface area contributed by atoms with Crippen molar-refractivity contribution < 1.29 is 19.4 Å². The zero-order valence-corrected chi connectivity index (χ0v) is 18.8. The van der Waals surface area contributed by atoms with Gasteiger partial charge in [0.05, 0.1) is 13.0 Å². The van der Waals surface area contributed by atoms with E-state index in [0.717, 1.165) is 60.9 Å². The molecule has 31 heavy (non-hydrogen) atoms. The Balaban J connectivity index is 1.41. The van der Waals surface area contributed by atoms with E-state index in [0.29, 0.717) is 19.8 Å². The highest BCUT2D eigenvalue weighted by Gasteiger charge is 2.43. The first-order chi connectivity index (χ1) is 15.0. The van der Waals surface area contributed by atoms with Crippen molar-refractivity contribution in [3.63, 3.8) is 0 Å². The number of aliphatic carboxylic acids is 1. The molecule has 1 N–H and O–H groups in total. The van der Waals surface area contributed by atoms with Crippen LogP contribution in [-0.2, 0) is 23.2 Å². The number of fused-ring (bicyclic) bond motifs is 2. The van der Waals surface area contributed by atoms with Crippen molar-refractivity contribution in [2.24, 2.45) is 0 Å². The molecule has 0 radical (unpaired) electrons. The summed E-state index contributed by atoms with van der Waals surface area (Å²) in [6.45, 7) is 5.72. The molecule has 4 rings (SSSR count). The summed E-state index contributed by atoms with van der Waals surface area (Å²) in [7, 11) is 0. The molecule has 1 spiro atoms. The van der Waals surface area contributed by atoms with E-state index in [2.05, 4.69) is 24.0 Å². The summed E-state index contributed by atoms with van der Waals surface area (Å²) in [6, 6.07) is 12.2. The summed E-state index contributed by atoms with van der Waals surface area (Å²) in [4.78, 5) is 13.1. The molecule has 2 aliphatic heterocycles. The Morgan fingerprint density at radius 2 is 2.06 bits per heavy atom. The number of aryl methyl sites for hydroxylation is 1. The molecule has 0 saturated carbocycles. The van der Waals surface area contributed by atoms with E-state index in [1.54, 1.807) is 0 Å². The molecule has 166 valence electrons. The molecule has 2 heterocycles. The first-order valence-corrected chi connectivity index (χ1v) is 11.5. The number of likely N-dealkylation sites (tertiary alicyclic amines) is 1. The number of carbonyl (C=O) groups is 1. The zero-order valence-electron chi connectivity index (χ0n) is 18.0. The van der Waals surface area contributed by atoms with Gasteiger partial charge in [0.1, 0.15) is 18.1 Å². The standard InChI is InChI=1S/C25H30ClNO4/c1-2-4-18-5-3-6-22(26)20(18)16-30-19-7-8-21-23(15-19)31-17-25(21)10-13-27(14-11-25)12-9-24(28)29/h3,5-8,15H,2,4,9-14,16-17H2,1H3,(H,28,29). The van der Waals surface area contributed by atoms with Crippen molar-refractivity contribution in [3.8, 4) is 11.5 Å². The van der Waals surface area contributed by atoms with E-state index in [9.17, 15) is 4.79 Å². The smallest absolute Gasteiger partial charge is 0.304 e. The van der Waals surface area contributed by atoms with Crippen molar-refractivity contribution in [3.05, 3.63) is 58.1 Å². The van der Waals surface area contributed by atoms with Gasteiger partial charge in [0, 0.05) is 34.2 Å². The maximum absolute atomic E-state index is 10.8. The molecule has 5 nitrogen and oxygen atoms in total. The second kappa shape index (κ2) is 9.49. The van der Waals surface area contributed by atoms with Gasteiger partial charge in [0.2, 0.25) is 0 Å². The van der Waals surface area contributed by atoms with Crippen molar-refractivity contribution in [1.29, 1.82) is 0 Å². The Morgan fingerprint density at radius 1 is 1.26 bits per heavy atom. The predicted molar refractivity (Wildman–Crippen MR) is 121 cm³/mol. The SMILES string of the molecule is CCCc1cccc(Cl)c1COc1ccc2c(c1)OCC21CCN(CCC(=O)O)CC1. The maximum Gasteiger partial charge on any atom is 0.304 e. The van der Waals surface area contributed by atoms with Crippen LogP contribution in [0.15, 0.2) is 36.4 Å².